The van der Waals surface area contributed by atoms with E-state index in [2.05, 4.69) is 21.3 Å². The van der Waals surface area contributed by atoms with Crippen molar-refractivity contribution in [1.29, 1.82) is 0 Å². The fourth-order valence-corrected chi connectivity index (χ4v) is 4.00. The zero-order valence-corrected chi connectivity index (χ0v) is 18.6. The Kier molecular flexibility index (Phi) is 8.60. The van der Waals surface area contributed by atoms with Crippen LogP contribution in [0.1, 0.15) is 25.7 Å². The molecule has 2 aromatic carbocycles. The molecule has 4 amide bonds. The van der Waals surface area contributed by atoms with E-state index < -0.39 is 0 Å². The maximum absolute atomic E-state index is 12.2. The van der Waals surface area contributed by atoms with Crippen molar-refractivity contribution < 1.29 is 19.1 Å². The number of nitrogens with one attached hydrogen (secondary N) is 4. The first-order valence-electron chi connectivity index (χ1n) is 10.9. The summed E-state index contributed by atoms with van der Waals surface area (Å²) in [5.74, 6) is 2.18. The number of hydrogen-bond acceptors (Lipinski definition) is 4. The third kappa shape index (κ3) is 7.37. The van der Waals surface area contributed by atoms with Gasteiger partial charge in [0.15, 0.2) is 0 Å². The van der Waals surface area contributed by atoms with Crippen LogP contribution in [0, 0.1) is 11.8 Å². The molecule has 0 heterocycles. The SMILES string of the molecule is COc1cccc(NC(=O)NCC2CCCC(CNC(=O)Nc3cccc(OC)c3)C2)c1. The van der Waals surface area contributed by atoms with Gasteiger partial charge in [0, 0.05) is 36.6 Å². The van der Waals surface area contributed by atoms with E-state index in [0.717, 1.165) is 25.7 Å². The monoisotopic (exact) mass is 440 g/mol. The van der Waals surface area contributed by atoms with Gasteiger partial charge < -0.3 is 30.7 Å². The topological polar surface area (TPSA) is 101 Å². The average molecular weight is 441 g/mol. The minimum absolute atomic E-state index is 0.226. The molecule has 2 unspecified atom stereocenters. The minimum atomic E-state index is -0.226. The van der Waals surface area contributed by atoms with E-state index in [4.69, 9.17) is 9.47 Å². The molecular formula is C24H32N4O4. The number of hydrogen-bond donors (Lipinski definition) is 4. The average Bonchev–Trinajstić information content (AvgIpc) is 2.82. The smallest absolute Gasteiger partial charge is 0.319 e. The van der Waals surface area contributed by atoms with Gasteiger partial charge in [-0.1, -0.05) is 18.6 Å². The Balaban J connectivity index is 1.38. The van der Waals surface area contributed by atoms with Crippen LogP contribution in [0.5, 0.6) is 11.5 Å². The van der Waals surface area contributed by atoms with E-state index in [1.807, 2.05) is 36.4 Å². The van der Waals surface area contributed by atoms with Crippen molar-refractivity contribution in [1.82, 2.24) is 10.6 Å². The number of benzene rings is 2. The lowest BCUT2D eigenvalue weighted by Gasteiger charge is -2.29. The molecule has 8 heteroatoms. The molecule has 0 spiro atoms. The summed E-state index contributed by atoms with van der Waals surface area (Å²) in [6.07, 6.45) is 4.21. The zero-order chi connectivity index (χ0) is 22.8. The molecule has 3 rings (SSSR count). The van der Waals surface area contributed by atoms with Crippen molar-refractivity contribution in [3.8, 4) is 11.5 Å². The van der Waals surface area contributed by atoms with Crippen LogP contribution in [-0.2, 0) is 0 Å². The Morgan fingerprint density at radius 2 is 1.28 bits per heavy atom. The van der Waals surface area contributed by atoms with Crippen molar-refractivity contribution in [2.24, 2.45) is 11.8 Å². The third-order valence-corrected chi connectivity index (χ3v) is 5.65. The second-order valence-electron chi connectivity index (χ2n) is 8.03. The third-order valence-electron chi connectivity index (χ3n) is 5.65. The second kappa shape index (κ2) is 11.8. The summed E-state index contributed by atoms with van der Waals surface area (Å²) in [6, 6.07) is 14.1. The largest absolute Gasteiger partial charge is 0.497 e. The van der Waals surface area contributed by atoms with E-state index in [-0.39, 0.29) is 12.1 Å². The summed E-state index contributed by atoms with van der Waals surface area (Å²) in [4.78, 5) is 24.5. The van der Waals surface area contributed by atoms with Gasteiger partial charge in [-0.25, -0.2) is 9.59 Å². The van der Waals surface area contributed by atoms with Gasteiger partial charge in [-0.15, -0.1) is 0 Å². The molecule has 1 fully saturated rings. The Morgan fingerprint density at radius 1 is 0.812 bits per heavy atom. The molecule has 1 aliphatic rings. The number of amides is 4. The van der Waals surface area contributed by atoms with Crippen LogP contribution in [0.3, 0.4) is 0 Å². The first-order chi connectivity index (χ1) is 15.6. The predicted octanol–water partition coefficient (Wildman–Crippen LogP) is 4.45. The number of rotatable bonds is 8. The second-order valence-corrected chi connectivity index (χ2v) is 8.03. The fourth-order valence-electron chi connectivity index (χ4n) is 4.00. The molecule has 32 heavy (non-hydrogen) atoms. The molecular weight excluding hydrogens is 408 g/mol. The summed E-state index contributed by atoms with van der Waals surface area (Å²) in [6.45, 7) is 1.23. The highest BCUT2D eigenvalue weighted by atomic mass is 16.5. The van der Waals surface area contributed by atoms with Gasteiger partial charge in [0.2, 0.25) is 0 Å². The molecule has 0 aliphatic heterocycles. The van der Waals surface area contributed by atoms with Crippen LogP contribution < -0.4 is 30.7 Å². The lowest BCUT2D eigenvalue weighted by atomic mass is 9.81. The van der Waals surface area contributed by atoms with Crippen molar-refractivity contribution in [3.05, 3.63) is 48.5 Å². The Labute approximate surface area is 189 Å². The van der Waals surface area contributed by atoms with E-state index in [9.17, 15) is 9.59 Å². The number of methoxy groups -OCH3 is 2. The molecule has 0 radical (unpaired) electrons. The number of carbonyl (C=O) groups is 2. The van der Waals surface area contributed by atoms with Gasteiger partial charge in [0.25, 0.3) is 0 Å². The number of ether oxygens (including phenoxy) is 2. The van der Waals surface area contributed by atoms with Gasteiger partial charge in [-0.2, -0.15) is 0 Å². The quantitative estimate of drug-likeness (QED) is 0.487. The lowest BCUT2D eigenvalue weighted by Crippen LogP contribution is -2.38. The Bertz CT molecular complexity index is 834. The van der Waals surface area contributed by atoms with Crippen LogP contribution in [0.4, 0.5) is 21.0 Å². The van der Waals surface area contributed by atoms with Gasteiger partial charge in [-0.3, -0.25) is 0 Å². The molecule has 2 atom stereocenters. The normalized spacial score (nSPS) is 17.7. The maximum atomic E-state index is 12.2. The summed E-state index contributed by atoms with van der Waals surface area (Å²) in [5.41, 5.74) is 1.38. The first kappa shape index (κ1) is 23.2. The molecule has 0 saturated heterocycles. The molecule has 172 valence electrons. The molecule has 2 aromatic rings. The van der Waals surface area contributed by atoms with E-state index in [1.165, 1.54) is 0 Å². The van der Waals surface area contributed by atoms with E-state index >= 15 is 0 Å². The highest BCUT2D eigenvalue weighted by molar-refractivity contribution is 5.90. The van der Waals surface area contributed by atoms with Gasteiger partial charge >= 0.3 is 12.1 Å². The molecule has 1 aliphatic carbocycles. The Hall–Kier alpha value is -3.42. The molecule has 0 aromatic heterocycles. The van der Waals surface area contributed by atoms with Crippen molar-refractivity contribution >= 4 is 23.4 Å². The molecule has 8 nitrogen and oxygen atoms in total. The summed E-state index contributed by atoms with van der Waals surface area (Å²) in [5, 5.41) is 11.6. The van der Waals surface area contributed by atoms with Crippen molar-refractivity contribution in [2.75, 3.05) is 37.9 Å². The lowest BCUT2D eigenvalue weighted by molar-refractivity contribution is 0.230. The Morgan fingerprint density at radius 3 is 1.72 bits per heavy atom. The van der Waals surface area contributed by atoms with Crippen LogP contribution in [0.2, 0.25) is 0 Å². The van der Waals surface area contributed by atoms with Crippen molar-refractivity contribution in [2.45, 2.75) is 25.7 Å². The van der Waals surface area contributed by atoms with E-state index in [0.29, 0.717) is 47.8 Å². The minimum Gasteiger partial charge on any atom is -0.497 e. The van der Waals surface area contributed by atoms with Crippen LogP contribution >= 0.6 is 0 Å². The summed E-state index contributed by atoms with van der Waals surface area (Å²) < 4.78 is 10.4. The fraction of sp³-hybridized carbons (Fsp3) is 0.417. The highest BCUT2D eigenvalue weighted by Crippen LogP contribution is 2.28. The predicted molar refractivity (Wildman–Crippen MR) is 125 cm³/mol. The number of carbonyl (C=O) groups excluding carboxylic acids is 2. The standard InChI is InChI=1S/C24H32N4O4/c1-31-21-10-4-8-19(13-21)27-23(29)25-15-17-6-3-7-18(12-17)16-26-24(30)28-20-9-5-11-22(14-20)32-2/h4-5,8-11,13-14,17-18H,3,6-7,12,15-16H2,1-2H3,(H2,25,27,29)(H2,26,28,30). The highest BCUT2D eigenvalue weighted by Gasteiger charge is 2.23. The first-order valence-corrected chi connectivity index (χ1v) is 10.9. The van der Waals surface area contributed by atoms with Crippen LogP contribution in [0.15, 0.2) is 48.5 Å². The van der Waals surface area contributed by atoms with Crippen LogP contribution in [-0.4, -0.2) is 39.4 Å². The summed E-state index contributed by atoms with van der Waals surface area (Å²) in [7, 11) is 3.19. The zero-order valence-electron chi connectivity index (χ0n) is 18.6. The van der Waals surface area contributed by atoms with Crippen LogP contribution in [0.25, 0.3) is 0 Å². The molecule has 0 bridgehead atoms. The summed E-state index contributed by atoms with van der Waals surface area (Å²) >= 11 is 0. The molecule has 1 saturated carbocycles. The van der Waals surface area contributed by atoms with E-state index in [1.54, 1.807) is 26.4 Å². The number of anilines is 2. The maximum Gasteiger partial charge on any atom is 0.319 e. The van der Waals surface area contributed by atoms with Gasteiger partial charge in [0.1, 0.15) is 11.5 Å². The van der Waals surface area contributed by atoms with Gasteiger partial charge in [-0.05, 0) is 55.4 Å². The molecule has 4 N–H and O–H groups in total. The van der Waals surface area contributed by atoms with Crippen molar-refractivity contribution in [3.63, 3.8) is 0 Å². The van der Waals surface area contributed by atoms with Gasteiger partial charge in [0.05, 0.1) is 14.2 Å². The number of urea groups is 2.